The van der Waals surface area contributed by atoms with Gasteiger partial charge in [-0.2, -0.15) is 0 Å². The van der Waals surface area contributed by atoms with Crippen molar-refractivity contribution in [2.24, 2.45) is 0 Å². The Morgan fingerprint density at radius 3 is 2.26 bits per heavy atom. The molecule has 2 amide bonds. The van der Waals surface area contributed by atoms with Gasteiger partial charge in [-0.05, 0) is 58.4 Å². The lowest BCUT2D eigenvalue weighted by Crippen LogP contribution is -2.55. The Bertz CT molecular complexity index is 1170. The van der Waals surface area contributed by atoms with Crippen molar-refractivity contribution >= 4 is 23.6 Å². The zero-order chi connectivity index (χ0) is 24.9. The number of hydrogen-bond donors (Lipinski definition) is 0. The molecule has 0 saturated carbocycles. The fourth-order valence-corrected chi connectivity index (χ4v) is 5.26. The number of nitrogens with zero attached hydrogens (tertiary/aromatic N) is 5. The molecule has 3 aromatic rings. The number of aromatic nitrogens is 3. The van der Waals surface area contributed by atoms with Crippen molar-refractivity contribution in [2.75, 3.05) is 25.4 Å². The number of amides is 2. The Morgan fingerprint density at radius 1 is 0.943 bits per heavy atom. The van der Waals surface area contributed by atoms with E-state index in [0.717, 1.165) is 34.4 Å². The monoisotopic (exact) mass is 491 g/mol. The minimum absolute atomic E-state index is 0.00749. The number of benzene rings is 2. The summed E-state index contributed by atoms with van der Waals surface area (Å²) in [5.74, 6) is 1.82. The van der Waals surface area contributed by atoms with E-state index in [2.05, 4.69) is 46.0 Å². The molecule has 0 N–H and O–H groups in total. The molecule has 1 unspecified atom stereocenters. The summed E-state index contributed by atoms with van der Waals surface area (Å²) in [4.78, 5) is 29.5. The van der Waals surface area contributed by atoms with E-state index in [0.29, 0.717) is 31.6 Å². The smallest absolute Gasteiger partial charge is 0.254 e. The van der Waals surface area contributed by atoms with Crippen LogP contribution in [-0.4, -0.2) is 67.8 Å². The van der Waals surface area contributed by atoms with Crippen LogP contribution in [-0.2, 0) is 4.79 Å². The van der Waals surface area contributed by atoms with Crippen molar-refractivity contribution < 1.29 is 9.59 Å². The summed E-state index contributed by atoms with van der Waals surface area (Å²) in [7, 11) is 0. The SMILES string of the molecule is Cc1ccc(C(=O)N2CCN(C(=O)CCCSc3nnc(C)n3-c3ccc(C)cc3)CC2C)cc1. The first-order chi connectivity index (χ1) is 16.8. The first-order valence-electron chi connectivity index (χ1n) is 12.1. The standard InChI is InChI=1S/C27H33N5O2S/c1-19-7-11-23(12-8-19)26(34)31-16-15-30(18-21(31)3)25(33)6-5-17-35-27-29-28-22(4)32(27)24-13-9-20(2)10-14-24/h7-14,21H,5-6,15-18H2,1-4H3. The second-order valence-corrected chi connectivity index (χ2v) is 10.3. The van der Waals surface area contributed by atoms with Gasteiger partial charge >= 0.3 is 0 Å². The van der Waals surface area contributed by atoms with E-state index >= 15 is 0 Å². The molecule has 0 bridgehead atoms. The Balaban J connectivity index is 1.26. The number of thioether (sulfide) groups is 1. The molecule has 184 valence electrons. The molecule has 8 heteroatoms. The average Bonchev–Trinajstić information content (AvgIpc) is 3.22. The van der Waals surface area contributed by atoms with Gasteiger partial charge in [0.2, 0.25) is 5.91 Å². The van der Waals surface area contributed by atoms with Gasteiger partial charge < -0.3 is 9.80 Å². The van der Waals surface area contributed by atoms with Crippen LogP contribution in [0.5, 0.6) is 0 Å². The number of carbonyl (C=O) groups excluding carboxylic acids is 2. The minimum atomic E-state index is -0.00749. The van der Waals surface area contributed by atoms with Crippen molar-refractivity contribution in [3.63, 3.8) is 0 Å². The maximum absolute atomic E-state index is 12.9. The molecular formula is C27H33N5O2S. The van der Waals surface area contributed by atoms with Crippen molar-refractivity contribution in [3.05, 3.63) is 71.0 Å². The normalized spacial score (nSPS) is 15.9. The highest BCUT2D eigenvalue weighted by atomic mass is 32.2. The highest BCUT2D eigenvalue weighted by molar-refractivity contribution is 7.99. The van der Waals surface area contributed by atoms with Gasteiger partial charge in [0.25, 0.3) is 5.91 Å². The molecular weight excluding hydrogens is 458 g/mol. The average molecular weight is 492 g/mol. The number of aryl methyl sites for hydroxylation is 3. The van der Waals surface area contributed by atoms with Crippen LogP contribution in [0, 0.1) is 20.8 Å². The fraction of sp³-hybridized carbons (Fsp3) is 0.407. The second-order valence-electron chi connectivity index (χ2n) is 9.21. The fourth-order valence-electron chi connectivity index (χ4n) is 4.32. The Morgan fingerprint density at radius 2 is 1.60 bits per heavy atom. The van der Waals surface area contributed by atoms with E-state index in [1.165, 1.54) is 5.56 Å². The molecule has 0 radical (unpaired) electrons. The number of hydrogen-bond acceptors (Lipinski definition) is 5. The molecule has 7 nitrogen and oxygen atoms in total. The summed E-state index contributed by atoms with van der Waals surface area (Å²) in [5, 5.41) is 9.42. The molecule has 1 aromatic heterocycles. The van der Waals surface area contributed by atoms with Crippen LogP contribution in [0.15, 0.2) is 53.7 Å². The van der Waals surface area contributed by atoms with E-state index in [9.17, 15) is 9.59 Å². The van der Waals surface area contributed by atoms with Crippen molar-refractivity contribution in [2.45, 2.75) is 51.7 Å². The molecule has 1 aliphatic heterocycles. The van der Waals surface area contributed by atoms with E-state index in [1.807, 2.05) is 54.8 Å². The maximum atomic E-state index is 12.9. The number of piperazine rings is 1. The van der Waals surface area contributed by atoms with Crippen LogP contribution in [0.3, 0.4) is 0 Å². The highest BCUT2D eigenvalue weighted by Gasteiger charge is 2.30. The van der Waals surface area contributed by atoms with Crippen LogP contribution in [0.25, 0.3) is 5.69 Å². The quantitative estimate of drug-likeness (QED) is 0.361. The highest BCUT2D eigenvalue weighted by Crippen LogP contribution is 2.23. The zero-order valence-corrected chi connectivity index (χ0v) is 21.7. The van der Waals surface area contributed by atoms with E-state index in [-0.39, 0.29) is 17.9 Å². The van der Waals surface area contributed by atoms with Crippen molar-refractivity contribution in [1.29, 1.82) is 0 Å². The summed E-state index contributed by atoms with van der Waals surface area (Å²) in [5.41, 5.74) is 4.09. The number of rotatable bonds is 7. The number of carbonyl (C=O) groups is 2. The topological polar surface area (TPSA) is 71.3 Å². The van der Waals surface area contributed by atoms with Crippen molar-refractivity contribution in [3.8, 4) is 5.69 Å². The summed E-state index contributed by atoms with van der Waals surface area (Å²) < 4.78 is 2.05. The Kier molecular flexibility index (Phi) is 7.90. The third-order valence-corrected chi connectivity index (χ3v) is 7.41. The Hall–Kier alpha value is -3.13. The molecule has 2 aromatic carbocycles. The van der Waals surface area contributed by atoms with E-state index < -0.39 is 0 Å². The molecule has 2 heterocycles. The first-order valence-corrected chi connectivity index (χ1v) is 13.1. The third kappa shape index (κ3) is 5.93. The molecule has 0 spiro atoms. The predicted octanol–water partition coefficient (Wildman–Crippen LogP) is 4.44. The van der Waals surface area contributed by atoms with Crippen LogP contribution in [0.4, 0.5) is 0 Å². The second kappa shape index (κ2) is 11.1. The molecule has 1 aliphatic rings. The van der Waals surface area contributed by atoms with E-state index in [4.69, 9.17) is 0 Å². The minimum Gasteiger partial charge on any atom is -0.339 e. The zero-order valence-electron chi connectivity index (χ0n) is 20.9. The van der Waals surface area contributed by atoms with E-state index in [1.54, 1.807) is 11.8 Å². The first kappa shape index (κ1) is 25.0. The van der Waals surface area contributed by atoms with Gasteiger partial charge in [-0.1, -0.05) is 47.2 Å². The summed E-state index contributed by atoms with van der Waals surface area (Å²) >= 11 is 1.62. The summed E-state index contributed by atoms with van der Waals surface area (Å²) in [6.45, 7) is 9.76. The lowest BCUT2D eigenvalue weighted by atomic mass is 10.1. The largest absolute Gasteiger partial charge is 0.339 e. The predicted molar refractivity (Wildman–Crippen MR) is 139 cm³/mol. The maximum Gasteiger partial charge on any atom is 0.254 e. The van der Waals surface area contributed by atoms with Crippen LogP contribution in [0.1, 0.15) is 47.1 Å². The molecule has 4 rings (SSSR count). The third-order valence-electron chi connectivity index (χ3n) is 6.39. The van der Waals surface area contributed by atoms with Gasteiger partial charge in [0.05, 0.1) is 0 Å². The Labute approximate surface area is 211 Å². The molecule has 1 fully saturated rings. The summed E-state index contributed by atoms with van der Waals surface area (Å²) in [6.07, 6.45) is 1.25. The van der Waals surface area contributed by atoms with Crippen LogP contribution in [0.2, 0.25) is 0 Å². The van der Waals surface area contributed by atoms with Crippen molar-refractivity contribution in [1.82, 2.24) is 24.6 Å². The van der Waals surface area contributed by atoms with Gasteiger partial charge in [0, 0.05) is 49.1 Å². The van der Waals surface area contributed by atoms with Crippen LogP contribution >= 0.6 is 11.8 Å². The van der Waals surface area contributed by atoms with Gasteiger partial charge in [-0.15, -0.1) is 10.2 Å². The molecule has 1 saturated heterocycles. The van der Waals surface area contributed by atoms with Crippen LogP contribution < -0.4 is 0 Å². The molecule has 0 aliphatic carbocycles. The van der Waals surface area contributed by atoms with Gasteiger partial charge in [0.1, 0.15) is 5.82 Å². The molecule has 1 atom stereocenters. The lowest BCUT2D eigenvalue weighted by molar-refractivity contribution is -0.133. The molecule has 35 heavy (non-hydrogen) atoms. The lowest BCUT2D eigenvalue weighted by Gasteiger charge is -2.40. The summed E-state index contributed by atoms with van der Waals surface area (Å²) in [6, 6.07) is 16.0. The van der Waals surface area contributed by atoms with Gasteiger partial charge in [-0.3, -0.25) is 14.2 Å². The van der Waals surface area contributed by atoms with Gasteiger partial charge in [-0.25, -0.2) is 0 Å². The van der Waals surface area contributed by atoms with Gasteiger partial charge in [0.15, 0.2) is 5.16 Å².